The first-order valence-corrected chi connectivity index (χ1v) is 4.45. The molecule has 0 atom stereocenters. The van der Waals surface area contributed by atoms with Gasteiger partial charge in [0, 0.05) is 12.0 Å². The number of esters is 1. The summed E-state index contributed by atoms with van der Waals surface area (Å²) in [5.41, 5.74) is 1.47. The summed E-state index contributed by atoms with van der Waals surface area (Å²) < 4.78 is 4.58. The lowest BCUT2D eigenvalue weighted by Crippen LogP contribution is -2.00. The summed E-state index contributed by atoms with van der Waals surface area (Å²) in [6, 6.07) is 7.06. The Balaban J connectivity index is 2.83. The number of methoxy groups -OCH3 is 1. The molecule has 0 N–H and O–H groups in total. The molecule has 0 saturated heterocycles. The fraction of sp³-hybridized carbons (Fsp3) is 0.250. The predicted octanol–water partition coefficient (Wildman–Crippen LogP) is 2.23. The van der Waals surface area contributed by atoms with Crippen molar-refractivity contribution in [2.24, 2.45) is 0 Å². The summed E-state index contributed by atoms with van der Waals surface area (Å²) in [6.07, 6.45) is 0.832. The number of hydrogen-bond acceptors (Lipinski definition) is 2. The molecule has 0 unspecified atom stereocenters. The molecule has 2 heteroatoms. The Labute approximate surface area is 83.9 Å². The van der Waals surface area contributed by atoms with Gasteiger partial charge in [-0.1, -0.05) is 18.8 Å². The third kappa shape index (κ3) is 2.63. The number of ether oxygens (including phenoxy) is 1. The highest BCUT2D eigenvalue weighted by atomic mass is 16.5. The molecule has 0 aliphatic heterocycles. The van der Waals surface area contributed by atoms with Gasteiger partial charge in [-0.25, -0.2) is 4.79 Å². The molecule has 0 aliphatic carbocycles. The van der Waals surface area contributed by atoms with Crippen LogP contribution in [-0.2, 0) is 4.74 Å². The highest BCUT2D eigenvalue weighted by Crippen LogP contribution is 2.04. The van der Waals surface area contributed by atoms with Crippen molar-refractivity contribution in [2.45, 2.75) is 13.3 Å². The Morgan fingerprint density at radius 1 is 1.36 bits per heavy atom. The van der Waals surface area contributed by atoms with Crippen LogP contribution in [-0.4, -0.2) is 13.1 Å². The van der Waals surface area contributed by atoms with Crippen molar-refractivity contribution in [1.29, 1.82) is 0 Å². The van der Waals surface area contributed by atoms with Gasteiger partial charge in [-0.05, 0) is 24.3 Å². The second-order valence-corrected chi connectivity index (χ2v) is 2.72. The monoisotopic (exact) mass is 188 g/mol. The molecule has 2 nitrogen and oxygen atoms in total. The molecule has 0 radical (unpaired) electrons. The Bertz CT molecular complexity index is 366. The quantitative estimate of drug-likeness (QED) is 0.499. The van der Waals surface area contributed by atoms with E-state index in [0.29, 0.717) is 5.56 Å². The molecule has 14 heavy (non-hydrogen) atoms. The minimum Gasteiger partial charge on any atom is -0.465 e. The van der Waals surface area contributed by atoms with Crippen molar-refractivity contribution in [2.75, 3.05) is 7.11 Å². The third-order valence-corrected chi connectivity index (χ3v) is 1.72. The number of hydrogen-bond donors (Lipinski definition) is 0. The van der Waals surface area contributed by atoms with E-state index in [-0.39, 0.29) is 5.97 Å². The first-order valence-electron chi connectivity index (χ1n) is 4.45. The van der Waals surface area contributed by atoms with E-state index >= 15 is 0 Å². The van der Waals surface area contributed by atoms with Gasteiger partial charge < -0.3 is 4.74 Å². The summed E-state index contributed by atoms with van der Waals surface area (Å²) in [4.78, 5) is 11.1. The molecule has 0 saturated carbocycles. The highest BCUT2D eigenvalue weighted by Gasteiger charge is 2.02. The minimum atomic E-state index is -0.319. The zero-order valence-corrected chi connectivity index (χ0v) is 8.33. The van der Waals surface area contributed by atoms with Crippen molar-refractivity contribution in [1.82, 2.24) is 0 Å². The van der Waals surface area contributed by atoms with Crippen molar-refractivity contribution < 1.29 is 9.53 Å². The van der Waals surface area contributed by atoms with Crippen LogP contribution >= 0.6 is 0 Å². The van der Waals surface area contributed by atoms with Gasteiger partial charge >= 0.3 is 5.97 Å². The van der Waals surface area contributed by atoms with Crippen LogP contribution in [0.5, 0.6) is 0 Å². The van der Waals surface area contributed by atoms with Gasteiger partial charge in [-0.15, -0.1) is 0 Å². The molecule has 0 spiro atoms. The van der Waals surface area contributed by atoms with Crippen molar-refractivity contribution in [3.63, 3.8) is 0 Å². The summed E-state index contributed by atoms with van der Waals surface area (Å²) in [7, 11) is 1.37. The van der Waals surface area contributed by atoms with Gasteiger partial charge in [0.2, 0.25) is 0 Å². The average Bonchev–Trinajstić information content (AvgIpc) is 2.26. The number of carbonyl (C=O) groups is 1. The highest BCUT2D eigenvalue weighted by molar-refractivity contribution is 5.89. The van der Waals surface area contributed by atoms with Crippen molar-refractivity contribution in [3.8, 4) is 11.8 Å². The second-order valence-electron chi connectivity index (χ2n) is 2.72. The lowest BCUT2D eigenvalue weighted by Gasteiger charge is -1.97. The van der Waals surface area contributed by atoms with Gasteiger partial charge in [0.15, 0.2) is 0 Å². The molecule has 1 aromatic rings. The summed E-state index contributed by atoms with van der Waals surface area (Å²) in [6.45, 7) is 2.00. The van der Waals surface area contributed by atoms with Crippen LogP contribution in [0.2, 0.25) is 0 Å². The third-order valence-electron chi connectivity index (χ3n) is 1.72. The topological polar surface area (TPSA) is 26.3 Å². The normalized spacial score (nSPS) is 8.71. The zero-order chi connectivity index (χ0) is 10.4. The Morgan fingerprint density at radius 3 is 2.50 bits per heavy atom. The molecular weight excluding hydrogens is 176 g/mol. The maximum Gasteiger partial charge on any atom is 0.337 e. The van der Waals surface area contributed by atoms with E-state index in [1.807, 2.05) is 19.1 Å². The molecule has 0 heterocycles. The van der Waals surface area contributed by atoms with Gasteiger partial charge in [-0.2, -0.15) is 0 Å². The van der Waals surface area contributed by atoms with Crippen LogP contribution in [0, 0.1) is 11.8 Å². The largest absolute Gasteiger partial charge is 0.465 e. The van der Waals surface area contributed by atoms with Crippen LogP contribution in [0.3, 0.4) is 0 Å². The van der Waals surface area contributed by atoms with Crippen LogP contribution in [0.15, 0.2) is 24.3 Å². The average molecular weight is 188 g/mol. The first kappa shape index (κ1) is 10.3. The van der Waals surface area contributed by atoms with Crippen LogP contribution in [0.25, 0.3) is 0 Å². The van der Waals surface area contributed by atoms with Gasteiger partial charge in [0.25, 0.3) is 0 Å². The van der Waals surface area contributed by atoms with E-state index < -0.39 is 0 Å². The van der Waals surface area contributed by atoms with Crippen LogP contribution in [0.1, 0.15) is 29.3 Å². The summed E-state index contributed by atoms with van der Waals surface area (Å²) >= 11 is 0. The van der Waals surface area contributed by atoms with Crippen molar-refractivity contribution >= 4 is 5.97 Å². The molecular formula is C12H12O2. The first-order chi connectivity index (χ1) is 6.77. The molecule has 72 valence electrons. The molecule has 0 aliphatic rings. The maximum atomic E-state index is 11.1. The van der Waals surface area contributed by atoms with Gasteiger partial charge in [0.05, 0.1) is 12.7 Å². The molecule has 0 amide bonds. The van der Waals surface area contributed by atoms with E-state index in [4.69, 9.17) is 0 Å². The van der Waals surface area contributed by atoms with Crippen LogP contribution in [0.4, 0.5) is 0 Å². The lowest BCUT2D eigenvalue weighted by molar-refractivity contribution is 0.0601. The molecule has 0 bridgehead atoms. The number of rotatable bonds is 1. The Morgan fingerprint density at radius 2 is 2.00 bits per heavy atom. The minimum absolute atomic E-state index is 0.319. The molecule has 0 aromatic heterocycles. The van der Waals surface area contributed by atoms with E-state index in [0.717, 1.165) is 12.0 Å². The zero-order valence-electron chi connectivity index (χ0n) is 8.33. The second kappa shape index (κ2) is 5.08. The van der Waals surface area contributed by atoms with Crippen LogP contribution < -0.4 is 0 Å². The SMILES string of the molecule is CCC#Cc1ccc(C(=O)OC)cc1. The summed E-state index contributed by atoms with van der Waals surface area (Å²) in [5.74, 6) is 5.62. The van der Waals surface area contributed by atoms with Gasteiger partial charge in [0.1, 0.15) is 0 Å². The van der Waals surface area contributed by atoms with E-state index in [2.05, 4.69) is 16.6 Å². The number of carbonyl (C=O) groups excluding carboxylic acids is 1. The van der Waals surface area contributed by atoms with E-state index in [9.17, 15) is 4.79 Å². The number of benzene rings is 1. The summed E-state index contributed by atoms with van der Waals surface area (Å²) in [5, 5.41) is 0. The van der Waals surface area contributed by atoms with E-state index in [1.54, 1.807) is 12.1 Å². The maximum absolute atomic E-state index is 11.1. The fourth-order valence-corrected chi connectivity index (χ4v) is 0.998. The molecule has 1 rings (SSSR count). The van der Waals surface area contributed by atoms with Crippen molar-refractivity contribution in [3.05, 3.63) is 35.4 Å². The fourth-order valence-electron chi connectivity index (χ4n) is 0.998. The molecule has 0 fully saturated rings. The Kier molecular flexibility index (Phi) is 3.75. The van der Waals surface area contributed by atoms with E-state index in [1.165, 1.54) is 7.11 Å². The molecule has 1 aromatic carbocycles. The predicted molar refractivity (Wildman–Crippen MR) is 55.0 cm³/mol. The van der Waals surface area contributed by atoms with Gasteiger partial charge in [-0.3, -0.25) is 0 Å². The standard InChI is InChI=1S/C12H12O2/c1-3-4-5-10-6-8-11(9-7-10)12(13)14-2/h6-9H,3H2,1-2H3. The smallest absolute Gasteiger partial charge is 0.337 e. The Hall–Kier alpha value is -1.75. The lowest BCUT2D eigenvalue weighted by atomic mass is 10.1.